The van der Waals surface area contributed by atoms with E-state index in [1.54, 1.807) is 4.90 Å². The average Bonchev–Trinajstić information content (AvgIpc) is 1.85. The SMILES string of the molecule is CCN(CC)C(=O)[CH2][Ge]([Cl])([Cl])[Cl]. The quantitative estimate of drug-likeness (QED) is 0.729. The number of carbonyl (C=O) groups excluding carboxylic acids is 1. The molecule has 0 bridgehead atoms. The van der Waals surface area contributed by atoms with E-state index in [0.717, 1.165) is 0 Å². The van der Waals surface area contributed by atoms with Crippen LogP contribution in [0.4, 0.5) is 0 Å². The minimum absolute atomic E-state index is 0.0417. The summed E-state index contributed by atoms with van der Waals surface area (Å²) in [6, 6.07) is 0. The zero-order chi connectivity index (χ0) is 9.78. The van der Waals surface area contributed by atoms with Crippen LogP contribution in [-0.2, 0) is 4.79 Å². The number of hydrogen-bond donors (Lipinski definition) is 0. The number of nitrogens with zero attached hydrogens (tertiary/aromatic N) is 1. The van der Waals surface area contributed by atoms with Crippen molar-refractivity contribution >= 4 is 46.4 Å². The molecule has 0 saturated heterocycles. The minimum atomic E-state index is -3.25. The van der Waals surface area contributed by atoms with Gasteiger partial charge in [-0.05, 0) is 0 Å². The summed E-state index contributed by atoms with van der Waals surface area (Å²) in [5.41, 5.74) is 0. The summed E-state index contributed by atoms with van der Waals surface area (Å²) in [5, 5.41) is 0.131. The van der Waals surface area contributed by atoms with Crippen LogP contribution in [0.25, 0.3) is 0 Å². The van der Waals surface area contributed by atoms with Gasteiger partial charge in [0.1, 0.15) is 0 Å². The molecule has 6 heteroatoms. The van der Waals surface area contributed by atoms with Crippen molar-refractivity contribution in [2.45, 2.75) is 19.1 Å². The van der Waals surface area contributed by atoms with Crippen LogP contribution < -0.4 is 0 Å². The summed E-state index contributed by atoms with van der Waals surface area (Å²) in [6.45, 7) is 5.18. The Labute approximate surface area is 88.1 Å². The molecule has 0 saturated carbocycles. The second-order valence-corrected chi connectivity index (χ2v) is 18.8. The topological polar surface area (TPSA) is 20.3 Å². The molecule has 0 atom stereocenters. The summed E-state index contributed by atoms with van der Waals surface area (Å²) in [4.78, 5) is 13.0. The molecule has 0 aliphatic rings. The van der Waals surface area contributed by atoms with Crippen molar-refractivity contribution in [3.63, 3.8) is 0 Å². The summed E-state index contributed by atoms with van der Waals surface area (Å²) in [6.07, 6.45) is 0. The van der Waals surface area contributed by atoms with Gasteiger partial charge in [-0.15, -0.1) is 0 Å². The first kappa shape index (κ1) is 12.9. The molecule has 0 heterocycles. The fourth-order valence-electron chi connectivity index (χ4n) is 0.860. The third-order valence-corrected chi connectivity index (χ3v) is 5.03. The van der Waals surface area contributed by atoms with Crippen molar-refractivity contribution in [1.29, 1.82) is 0 Å². The van der Waals surface area contributed by atoms with Crippen molar-refractivity contribution in [2.24, 2.45) is 0 Å². The van der Waals surface area contributed by atoms with E-state index in [4.69, 9.17) is 30.0 Å². The molecule has 0 aromatic heterocycles. The predicted octanol–water partition coefficient (Wildman–Crippen LogP) is 2.51. The van der Waals surface area contributed by atoms with Crippen molar-refractivity contribution in [2.75, 3.05) is 13.1 Å². The maximum absolute atomic E-state index is 11.3. The Balaban J connectivity index is 4.02. The number of halogens is 3. The molecule has 0 N–H and O–H groups in total. The third kappa shape index (κ3) is 5.52. The van der Waals surface area contributed by atoms with Crippen LogP contribution in [-0.4, -0.2) is 34.4 Å². The number of amides is 1. The number of rotatable bonds is 4. The molecule has 0 radical (unpaired) electrons. The average molecular weight is 293 g/mol. The molecule has 0 rings (SSSR count). The summed E-state index contributed by atoms with van der Waals surface area (Å²) < 4.78 is 0. The molecule has 0 aliphatic heterocycles. The molecule has 72 valence electrons. The molecule has 12 heavy (non-hydrogen) atoms. The van der Waals surface area contributed by atoms with Gasteiger partial charge in [0, 0.05) is 0 Å². The van der Waals surface area contributed by atoms with Crippen molar-refractivity contribution in [1.82, 2.24) is 4.90 Å². The first-order chi connectivity index (χ1) is 5.40. The Bertz CT molecular complexity index is 155. The van der Waals surface area contributed by atoms with Gasteiger partial charge in [-0.2, -0.15) is 0 Å². The summed E-state index contributed by atoms with van der Waals surface area (Å²) >= 11 is 0. The van der Waals surface area contributed by atoms with Crippen LogP contribution in [0, 0.1) is 0 Å². The van der Waals surface area contributed by atoms with Gasteiger partial charge in [-0.1, -0.05) is 0 Å². The Morgan fingerprint density at radius 1 is 1.25 bits per heavy atom. The van der Waals surface area contributed by atoms with Gasteiger partial charge in [0.25, 0.3) is 0 Å². The zero-order valence-corrected chi connectivity index (χ0v) is 11.5. The van der Waals surface area contributed by atoms with Crippen molar-refractivity contribution in [3.8, 4) is 0 Å². The van der Waals surface area contributed by atoms with E-state index >= 15 is 0 Å². The van der Waals surface area contributed by atoms with Crippen molar-refractivity contribution < 1.29 is 4.79 Å². The molecule has 0 aliphatic carbocycles. The van der Waals surface area contributed by atoms with E-state index in [-0.39, 0.29) is 11.2 Å². The normalized spacial score (nSPS) is 11.4. The standard InChI is InChI=1S/C6H12Cl3GeNO/c1-3-11(4-2)6(12)5-10(7,8)9/h3-5H2,1-2H3. The molecule has 0 fully saturated rings. The second kappa shape index (κ2) is 5.58. The van der Waals surface area contributed by atoms with Gasteiger partial charge in [0.05, 0.1) is 0 Å². The van der Waals surface area contributed by atoms with E-state index in [0.29, 0.717) is 13.1 Å². The number of carbonyl (C=O) groups is 1. The summed E-state index contributed by atoms with van der Waals surface area (Å²) in [7, 11) is 13.7. The Morgan fingerprint density at radius 3 is 1.92 bits per heavy atom. The number of hydrogen-bond acceptors (Lipinski definition) is 1. The summed E-state index contributed by atoms with van der Waals surface area (Å²) in [5.74, 6) is -0.0417. The van der Waals surface area contributed by atoms with Gasteiger partial charge in [-0.3, -0.25) is 0 Å². The second-order valence-electron chi connectivity index (χ2n) is 2.36. The fourth-order valence-corrected chi connectivity index (χ4v) is 3.83. The predicted molar refractivity (Wildman–Crippen MR) is 56.0 cm³/mol. The zero-order valence-electron chi connectivity index (χ0n) is 7.11. The van der Waals surface area contributed by atoms with E-state index in [2.05, 4.69) is 0 Å². The molecule has 2 nitrogen and oxygen atoms in total. The van der Waals surface area contributed by atoms with Gasteiger partial charge >= 0.3 is 88.3 Å². The van der Waals surface area contributed by atoms with Crippen LogP contribution in [0.5, 0.6) is 0 Å². The molecule has 0 unspecified atom stereocenters. The van der Waals surface area contributed by atoms with Crippen LogP contribution in [0.2, 0.25) is 5.25 Å². The van der Waals surface area contributed by atoms with Crippen molar-refractivity contribution in [3.05, 3.63) is 0 Å². The third-order valence-electron chi connectivity index (χ3n) is 1.47. The Kier molecular flexibility index (Phi) is 5.99. The Morgan fingerprint density at radius 2 is 1.67 bits per heavy atom. The van der Waals surface area contributed by atoms with Crippen LogP contribution in [0.15, 0.2) is 0 Å². The first-order valence-corrected chi connectivity index (χ1v) is 13.5. The van der Waals surface area contributed by atoms with Gasteiger partial charge in [0.2, 0.25) is 0 Å². The van der Waals surface area contributed by atoms with Gasteiger partial charge in [-0.25, -0.2) is 0 Å². The van der Waals surface area contributed by atoms with Crippen LogP contribution in [0.1, 0.15) is 13.8 Å². The fraction of sp³-hybridized carbons (Fsp3) is 0.833. The molecule has 1 amide bonds. The Hall–Kier alpha value is 0.883. The van der Waals surface area contributed by atoms with Gasteiger partial charge < -0.3 is 0 Å². The molecule has 0 aromatic rings. The molecule has 0 aromatic carbocycles. The monoisotopic (exact) mass is 293 g/mol. The first-order valence-electron chi connectivity index (χ1n) is 3.75. The van der Waals surface area contributed by atoms with Crippen LogP contribution in [0.3, 0.4) is 0 Å². The maximum atomic E-state index is 11.3. The van der Waals surface area contributed by atoms with E-state index in [9.17, 15) is 4.79 Å². The van der Waals surface area contributed by atoms with Crippen LogP contribution >= 0.6 is 30.0 Å². The van der Waals surface area contributed by atoms with E-state index < -0.39 is 10.5 Å². The van der Waals surface area contributed by atoms with E-state index in [1.165, 1.54) is 0 Å². The molecule has 0 spiro atoms. The van der Waals surface area contributed by atoms with Gasteiger partial charge in [0.15, 0.2) is 0 Å². The molecular weight excluding hydrogens is 281 g/mol. The van der Waals surface area contributed by atoms with E-state index in [1.807, 2.05) is 13.8 Å². The molecular formula is C6H12Cl3GeNO.